The van der Waals surface area contributed by atoms with E-state index in [1.165, 1.54) is 10.4 Å². The molecule has 1 N–H and O–H groups in total. The number of carbonyl (C=O) groups is 1. The molecule has 0 spiro atoms. The molecule has 0 bridgehead atoms. The smallest absolute Gasteiger partial charge is 0.264 e. The number of fused-ring (bicyclic) bond motifs is 1. The van der Waals surface area contributed by atoms with Crippen molar-refractivity contribution < 1.29 is 9.53 Å². The maximum absolute atomic E-state index is 13.1. The third-order valence-electron chi connectivity index (χ3n) is 4.58. The fourth-order valence-corrected chi connectivity index (χ4v) is 4.66. The van der Waals surface area contributed by atoms with Crippen LogP contribution in [0.5, 0.6) is 0 Å². The summed E-state index contributed by atoms with van der Waals surface area (Å²) in [7, 11) is 0. The Morgan fingerprint density at radius 1 is 1.38 bits per heavy atom. The molecule has 6 heteroatoms. The Bertz CT molecular complexity index is 738. The van der Waals surface area contributed by atoms with E-state index < -0.39 is 0 Å². The molecule has 2 aromatic rings. The van der Waals surface area contributed by atoms with E-state index in [9.17, 15) is 4.79 Å². The Morgan fingerprint density at radius 2 is 2.29 bits per heavy atom. The molecular formula is C18H19ClN2O2S. The molecule has 0 radical (unpaired) electrons. The van der Waals surface area contributed by atoms with Gasteiger partial charge < -0.3 is 15.0 Å². The van der Waals surface area contributed by atoms with Crippen LogP contribution in [0.15, 0.2) is 30.3 Å². The van der Waals surface area contributed by atoms with Crippen LogP contribution in [0.25, 0.3) is 0 Å². The molecule has 2 aliphatic heterocycles. The summed E-state index contributed by atoms with van der Waals surface area (Å²) in [6.07, 6.45) is 0.909. The second-order valence-electron chi connectivity index (χ2n) is 6.14. The molecule has 24 heavy (non-hydrogen) atoms. The van der Waals surface area contributed by atoms with Crippen molar-refractivity contribution in [1.82, 2.24) is 10.2 Å². The quantitative estimate of drug-likeness (QED) is 0.891. The number of nitrogens with one attached hydrogen (secondary N) is 1. The zero-order valence-corrected chi connectivity index (χ0v) is 14.8. The van der Waals surface area contributed by atoms with E-state index in [1.54, 1.807) is 11.3 Å². The molecule has 2 aliphatic rings. The summed E-state index contributed by atoms with van der Waals surface area (Å²) < 4.78 is 5.50. The van der Waals surface area contributed by atoms with Crippen LogP contribution in [0.3, 0.4) is 0 Å². The zero-order chi connectivity index (χ0) is 16.5. The largest absolute Gasteiger partial charge is 0.376 e. The average molecular weight is 363 g/mol. The van der Waals surface area contributed by atoms with Gasteiger partial charge in [0, 0.05) is 36.0 Å². The number of hydrogen-bond donors (Lipinski definition) is 1. The fourth-order valence-electron chi connectivity index (χ4n) is 3.35. The van der Waals surface area contributed by atoms with E-state index in [4.69, 9.17) is 16.3 Å². The van der Waals surface area contributed by atoms with Crippen LogP contribution in [-0.4, -0.2) is 37.0 Å². The summed E-state index contributed by atoms with van der Waals surface area (Å²) in [4.78, 5) is 17.2. The van der Waals surface area contributed by atoms with E-state index in [-0.39, 0.29) is 11.9 Å². The van der Waals surface area contributed by atoms with Crippen molar-refractivity contribution in [3.05, 3.63) is 56.2 Å². The highest BCUT2D eigenvalue weighted by molar-refractivity contribution is 7.14. The lowest BCUT2D eigenvalue weighted by molar-refractivity contribution is 0.0639. The fraction of sp³-hybridized carbons (Fsp3) is 0.389. The van der Waals surface area contributed by atoms with Gasteiger partial charge >= 0.3 is 0 Å². The predicted octanol–water partition coefficient (Wildman–Crippen LogP) is 3.26. The Balaban J connectivity index is 1.62. The van der Waals surface area contributed by atoms with Crippen LogP contribution in [0.4, 0.5) is 0 Å². The first-order valence-corrected chi connectivity index (χ1v) is 9.38. The van der Waals surface area contributed by atoms with Crippen LogP contribution < -0.4 is 5.32 Å². The highest BCUT2D eigenvalue weighted by Crippen LogP contribution is 2.31. The lowest BCUT2D eigenvalue weighted by Crippen LogP contribution is -2.48. The van der Waals surface area contributed by atoms with Gasteiger partial charge in [-0.05, 0) is 29.3 Å². The molecule has 1 unspecified atom stereocenters. The highest BCUT2D eigenvalue weighted by Gasteiger charge is 2.30. The predicted molar refractivity (Wildman–Crippen MR) is 95.8 cm³/mol. The molecule has 1 aromatic heterocycles. The second kappa shape index (κ2) is 6.84. The van der Waals surface area contributed by atoms with Crippen molar-refractivity contribution in [2.24, 2.45) is 0 Å². The summed E-state index contributed by atoms with van der Waals surface area (Å²) in [5.74, 6) is 0.112. The second-order valence-corrected chi connectivity index (χ2v) is 7.71. The number of piperazine rings is 1. The molecule has 0 saturated carbocycles. The van der Waals surface area contributed by atoms with Crippen LogP contribution in [0.2, 0.25) is 5.02 Å². The molecule has 4 nitrogen and oxygen atoms in total. The van der Waals surface area contributed by atoms with E-state index in [0.717, 1.165) is 36.6 Å². The number of thiophene rings is 1. The van der Waals surface area contributed by atoms with Crippen LogP contribution >= 0.6 is 22.9 Å². The summed E-state index contributed by atoms with van der Waals surface area (Å²) in [6.45, 7) is 3.64. The van der Waals surface area contributed by atoms with Gasteiger partial charge in [0.1, 0.15) is 0 Å². The number of carbonyl (C=O) groups excluding carboxylic acids is 1. The number of hydrogen-bond acceptors (Lipinski definition) is 4. The molecular weight excluding hydrogens is 344 g/mol. The van der Waals surface area contributed by atoms with Gasteiger partial charge in [-0.25, -0.2) is 0 Å². The number of nitrogens with zero attached hydrogens (tertiary/aromatic N) is 1. The first kappa shape index (κ1) is 16.1. The Kier molecular flexibility index (Phi) is 4.59. The molecule has 126 valence electrons. The SMILES string of the molecule is O=C(c1cc2c(s1)CCOC2)N1CCNCC1c1cccc(Cl)c1. The Hall–Kier alpha value is -1.40. The van der Waals surface area contributed by atoms with Crippen molar-refractivity contribution in [2.75, 3.05) is 26.2 Å². The number of ether oxygens (including phenoxy) is 1. The summed E-state index contributed by atoms with van der Waals surface area (Å²) in [5, 5.41) is 4.09. The van der Waals surface area contributed by atoms with Gasteiger partial charge in [-0.2, -0.15) is 0 Å². The van der Waals surface area contributed by atoms with Gasteiger partial charge in [0.2, 0.25) is 0 Å². The van der Waals surface area contributed by atoms with Gasteiger partial charge in [0.15, 0.2) is 0 Å². The minimum absolute atomic E-state index is 0.0142. The van der Waals surface area contributed by atoms with Gasteiger partial charge in [-0.1, -0.05) is 23.7 Å². The molecule has 0 aliphatic carbocycles. The Labute approximate surface area is 150 Å². The van der Waals surface area contributed by atoms with Gasteiger partial charge in [0.05, 0.1) is 24.1 Å². The molecule has 1 aromatic carbocycles. The minimum Gasteiger partial charge on any atom is -0.376 e. The number of halogens is 1. The zero-order valence-electron chi connectivity index (χ0n) is 13.3. The van der Waals surface area contributed by atoms with E-state index in [2.05, 4.69) is 5.32 Å². The standard InChI is InChI=1S/C18H19ClN2O2S/c19-14-3-1-2-12(8-14)15-10-20-5-6-21(15)18(22)17-9-13-11-23-7-4-16(13)24-17/h1-3,8-9,15,20H,4-7,10-11H2. The first-order chi connectivity index (χ1) is 11.7. The van der Waals surface area contributed by atoms with Gasteiger partial charge in [-0.3, -0.25) is 4.79 Å². The minimum atomic E-state index is 0.0142. The van der Waals surface area contributed by atoms with Crippen molar-refractivity contribution in [2.45, 2.75) is 19.1 Å². The molecule has 1 saturated heterocycles. The van der Waals surface area contributed by atoms with Crippen molar-refractivity contribution in [3.8, 4) is 0 Å². The molecule has 3 heterocycles. The average Bonchev–Trinajstić information content (AvgIpc) is 3.05. The molecule has 4 rings (SSSR count). The first-order valence-electron chi connectivity index (χ1n) is 8.19. The maximum atomic E-state index is 13.1. The van der Waals surface area contributed by atoms with E-state index in [0.29, 0.717) is 18.2 Å². The van der Waals surface area contributed by atoms with Gasteiger partial charge in [0.25, 0.3) is 5.91 Å². The van der Waals surface area contributed by atoms with E-state index >= 15 is 0 Å². The number of rotatable bonds is 2. The monoisotopic (exact) mass is 362 g/mol. The Morgan fingerprint density at radius 3 is 3.12 bits per heavy atom. The van der Waals surface area contributed by atoms with Crippen LogP contribution in [0.1, 0.15) is 31.7 Å². The van der Waals surface area contributed by atoms with Crippen molar-refractivity contribution >= 4 is 28.8 Å². The lowest BCUT2D eigenvalue weighted by Gasteiger charge is -2.36. The maximum Gasteiger partial charge on any atom is 0.264 e. The summed E-state index contributed by atoms with van der Waals surface area (Å²) in [6, 6.07) is 9.82. The lowest BCUT2D eigenvalue weighted by atomic mass is 10.0. The molecule has 1 amide bonds. The van der Waals surface area contributed by atoms with Crippen LogP contribution in [-0.2, 0) is 17.8 Å². The molecule has 1 atom stereocenters. The third-order valence-corrected chi connectivity index (χ3v) is 6.04. The van der Waals surface area contributed by atoms with Crippen LogP contribution in [0, 0.1) is 0 Å². The third kappa shape index (κ3) is 3.09. The normalized spacial score (nSPS) is 20.7. The number of amides is 1. The molecule has 1 fully saturated rings. The van der Waals surface area contributed by atoms with Crippen molar-refractivity contribution in [3.63, 3.8) is 0 Å². The van der Waals surface area contributed by atoms with Gasteiger partial charge in [-0.15, -0.1) is 11.3 Å². The van der Waals surface area contributed by atoms with Crippen molar-refractivity contribution in [1.29, 1.82) is 0 Å². The topological polar surface area (TPSA) is 41.6 Å². The van der Waals surface area contributed by atoms with E-state index in [1.807, 2.05) is 35.2 Å². The summed E-state index contributed by atoms with van der Waals surface area (Å²) in [5.41, 5.74) is 2.25. The highest BCUT2D eigenvalue weighted by atomic mass is 35.5. The summed E-state index contributed by atoms with van der Waals surface area (Å²) >= 11 is 7.76. The number of benzene rings is 1.